The molecule has 14 heteroatoms. The van der Waals surface area contributed by atoms with Crippen molar-refractivity contribution in [1.29, 1.82) is 0 Å². The fourth-order valence-electron chi connectivity index (χ4n) is 1.60. The Kier molecular flexibility index (Phi) is 7.53. The van der Waals surface area contributed by atoms with Crippen molar-refractivity contribution in [2.75, 3.05) is 0 Å². The molecule has 0 aliphatic heterocycles. The summed E-state index contributed by atoms with van der Waals surface area (Å²) < 4.78 is 109. The van der Waals surface area contributed by atoms with Crippen LogP contribution in [0.2, 0.25) is 0 Å². The van der Waals surface area contributed by atoms with E-state index in [9.17, 15) is 37.6 Å². The van der Waals surface area contributed by atoms with E-state index >= 15 is 0 Å². The van der Waals surface area contributed by atoms with Crippen LogP contribution in [0, 0.1) is 6.92 Å². The molecule has 0 aliphatic rings. The quantitative estimate of drug-likeness (QED) is 0.372. The minimum Gasteiger partial charge on any atom is -0.449 e. The van der Waals surface area contributed by atoms with Crippen LogP contribution >= 0.6 is 0 Å². The largest absolute Gasteiger partial charge is 1.00 e. The molecule has 120 valence electrons. The molecule has 1 aromatic rings. The molecule has 0 saturated heterocycles. The molecule has 0 aliphatic carbocycles. The van der Waals surface area contributed by atoms with Gasteiger partial charge in [-0.05, 0) is 18.6 Å². The van der Waals surface area contributed by atoms with Gasteiger partial charge in [-0.1, -0.05) is 15.8 Å². The van der Waals surface area contributed by atoms with Crippen molar-refractivity contribution in [3.63, 3.8) is 0 Å². The van der Waals surface area contributed by atoms with Crippen molar-refractivity contribution in [2.24, 2.45) is 0 Å². The van der Waals surface area contributed by atoms with Crippen LogP contribution in [0.1, 0.15) is 11.1 Å². The first-order chi connectivity index (χ1) is 9.19. The second kappa shape index (κ2) is 7.44. The molecule has 0 spiro atoms. The second-order valence-corrected chi connectivity index (χ2v) is 6.30. The Balaban J connectivity index is 0.00000441. The summed E-state index contributed by atoms with van der Waals surface area (Å²) in [6.45, 7) is -4.52. The topological polar surface area (TPSA) is 77.5 Å². The van der Waals surface area contributed by atoms with E-state index in [4.69, 9.17) is 0 Å². The zero-order chi connectivity index (χ0) is 16.6. The van der Waals surface area contributed by atoms with Crippen molar-refractivity contribution >= 4 is 27.7 Å². The van der Waals surface area contributed by atoms with Crippen LogP contribution in [-0.2, 0) is 27.0 Å². The minimum atomic E-state index is -5.61. The maximum atomic E-state index is 13.0. The second-order valence-electron chi connectivity index (χ2n) is 4.03. The third-order valence-electron chi connectivity index (χ3n) is 2.35. The number of halogens is 5. The molecule has 0 saturated carbocycles. The van der Waals surface area contributed by atoms with E-state index < -0.39 is 55.8 Å². The van der Waals surface area contributed by atoms with Gasteiger partial charge in [0.15, 0.2) is 0 Å². The van der Waals surface area contributed by atoms with Crippen molar-refractivity contribution in [3.05, 3.63) is 23.3 Å². The van der Waals surface area contributed by atoms with Crippen LogP contribution < -0.4 is 55.6 Å². The fourth-order valence-corrected chi connectivity index (χ4v) is 2.67. The fraction of sp³-hybridized carbons (Fsp3) is 0.250. The van der Waals surface area contributed by atoms with Crippen LogP contribution in [0.25, 0.3) is 0 Å². The summed E-state index contributed by atoms with van der Waals surface area (Å²) >= 11 is 0. The normalized spacial score (nSPS) is 12.6. The molecule has 0 radical (unpaired) electrons. The molecule has 0 aromatic heterocycles. The first kappa shape index (κ1) is 22.3. The number of hydrogen-bond donors (Lipinski definition) is 0. The van der Waals surface area contributed by atoms with E-state index in [1.165, 1.54) is 0 Å². The van der Waals surface area contributed by atoms with E-state index in [0.29, 0.717) is 6.07 Å². The van der Waals surface area contributed by atoms with Gasteiger partial charge in [0.05, 0.1) is 0 Å². The number of rotatable bonds is 5. The molecule has 0 amide bonds. The van der Waals surface area contributed by atoms with Gasteiger partial charge >= 0.3 is 79.1 Å². The molecular formula is C8H7BF5KO5S2. The SMILES string of the molecule is Cc1c(C[B-](F)(F)F)cc(OS(=O)(=O)F)cc1S(=O)(=O)F.[K+]. The van der Waals surface area contributed by atoms with Gasteiger partial charge in [-0.2, -0.15) is 16.8 Å². The van der Waals surface area contributed by atoms with Gasteiger partial charge in [0.25, 0.3) is 0 Å². The van der Waals surface area contributed by atoms with Crippen molar-refractivity contribution in [1.82, 2.24) is 0 Å². The molecule has 0 unspecified atom stereocenters. The average Bonchev–Trinajstić information content (AvgIpc) is 2.16. The third kappa shape index (κ3) is 7.23. The smallest absolute Gasteiger partial charge is 0.449 e. The van der Waals surface area contributed by atoms with E-state index in [0.717, 1.165) is 6.92 Å². The molecule has 22 heavy (non-hydrogen) atoms. The predicted octanol–water partition coefficient (Wildman–Crippen LogP) is -0.821. The molecule has 0 fully saturated rings. The summed E-state index contributed by atoms with van der Waals surface area (Å²) in [7, 11) is -11.1. The van der Waals surface area contributed by atoms with Crippen LogP contribution in [0.3, 0.4) is 0 Å². The maximum absolute atomic E-state index is 13.0. The van der Waals surface area contributed by atoms with Gasteiger partial charge < -0.3 is 17.1 Å². The standard InChI is InChI=1S/C8H7BF5O5S2.K/c1-5-6(4-9(10,11)12)2-7(19-21(14,17)18)3-8(5)20(13,15)16;/h2-3H,4H2,1H3;/q-1;+1. The van der Waals surface area contributed by atoms with Crippen LogP contribution in [0.5, 0.6) is 5.75 Å². The van der Waals surface area contributed by atoms with Crippen LogP contribution in [0.15, 0.2) is 17.0 Å². The van der Waals surface area contributed by atoms with Crippen molar-refractivity contribution < 1.29 is 93.1 Å². The van der Waals surface area contributed by atoms with E-state index in [2.05, 4.69) is 4.18 Å². The Morgan fingerprint density at radius 1 is 1.09 bits per heavy atom. The molecule has 0 heterocycles. The van der Waals surface area contributed by atoms with Crippen molar-refractivity contribution in [3.8, 4) is 5.75 Å². The maximum Gasteiger partial charge on any atom is 1.00 e. The Morgan fingerprint density at radius 2 is 1.59 bits per heavy atom. The summed E-state index contributed by atoms with van der Waals surface area (Å²) in [6, 6.07) is 0.769. The van der Waals surface area contributed by atoms with Crippen LogP contribution in [-0.4, -0.2) is 23.8 Å². The number of hydrogen-bond acceptors (Lipinski definition) is 5. The van der Waals surface area contributed by atoms with Crippen molar-refractivity contribution in [2.45, 2.75) is 18.1 Å². The molecule has 1 aromatic carbocycles. The van der Waals surface area contributed by atoms with E-state index in [-0.39, 0.29) is 57.5 Å². The van der Waals surface area contributed by atoms with Gasteiger partial charge in [0.2, 0.25) is 0 Å². The zero-order valence-electron chi connectivity index (χ0n) is 11.2. The van der Waals surface area contributed by atoms with Gasteiger partial charge in [-0.3, -0.25) is 0 Å². The summed E-state index contributed by atoms with van der Waals surface area (Å²) in [5.74, 6) is -1.07. The summed E-state index contributed by atoms with van der Waals surface area (Å²) in [5, 5.41) is 0. The molecule has 0 bridgehead atoms. The van der Waals surface area contributed by atoms with Gasteiger partial charge in [0.1, 0.15) is 10.6 Å². The minimum absolute atomic E-state index is 0. The Labute approximate surface area is 166 Å². The van der Waals surface area contributed by atoms with Crippen LogP contribution in [0.4, 0.5) is 20.7 Å². The molecule has 0 atom stereocenters. The summed E-state index contributed by atoms with van der Waals surface area (Å²) in [6.07, 6.45) is -1.61. The molecule has 0 N–H and O–H groups in total. The predicted molar refractivity (Wildman–Crippen MR) is 62.9 cm³/mol. The molecular weight excluding hydrogens is 385 g/mol. The Bertz CT molecular complexity index is 762. The first-order valence-corrected chi connectivity index (χ1v) is 7.81. The molecule has 1 rings (SSSR count). The number of benzene rings is 1. The summed E-state index contributed by atoms with van der Waals surface area (Å²) in [5.41, 5.74) is -1.31. The Hall–Kier alpha value is 0.271. The Morgan fingerprint density at radius 3 is 1.95 bits per heavy atom. The average molecular weight is 392 g/mol. The van der Waals surface area contributed by atoms with E-state index in [1.807, 2.05) is 0 Å². The first-order valence-electron chi connectivity index (χ1n) is 5.12. The van der Waals surface area contributed by atoms with Gasteiger partial charge in [-0.15, -0.1) is 3.89 Å². The third-order valence-corrected chi connectivity index (χ3v) is 3.69. The van der Waals surface area contributed by atoms with Gasteiger partial charge in [0, 0.05) is 6.07 Å². The zero-order valence-corrected chi connectivity index (χ0v) is 15.9. The molecule has 5 nitrogen and oxygen atoms in total. The summed E-state index contributed by atoms with van der Waals surface area (Å²) in [4.78, 5) is -1.22. The van der Waals surface area contributed by atoms with Gasteiger partial charge in [-0.25, -0.2) is 0 Å². The van der Waals surface area contributed by atoms with E-state index in [1.54, 1.807) is 0 Å². The monoisotopic (exact) mass is 392 g/mol.